The van der Waals surface area contributed by atoms with Crippen LogP contribution in [-0.2, 0) is 6.54 Å². The van der Waals surface area contributed by atoms with Crippen molar-refractivity contribution >= 4 is 0 Å². The molecular weight excluding hydrogens is 174 g/mol. The monoisotopic (exact) mass is 191 g/mol. The number of hydrogen-bond acceptors (Lipinski definition) is 3. The molecule has 1 aliphatic carbocycles. The Kier molecular flexibility index (Phi) is 3.46. The number of rotatable bonds is 4. The highest BCUT2D eigenvalue weighted by Crippen LogP contribution is 2.23. The van der Waals surface area contributed by atoms with Crippen molar-refractivity contribution in [1.82, 2.24) is 15.3 Å². The molecule has 0 aromatic carbocycles. The highest BCUT2D eigenvalue weighted by Gasteiger charge is 2.13. The van der Waals surface area contributed by atoms with E-state index in [1.165, 1.54) is 25.7 Å². The van der Waals surface area contributed by atoms with E-state index < -0.39 is 0 Å². The van der Waals surface area contributed by atoms with Gasteiger partial charge in [-0.2, -0.15) is 0 Å². The largest absolute Gasteiger partial charge is 0.311 e. The summed E-state index contributed by atoms with van der Waals surface area (Å²) in [5.74, 6) is 0.900. The van der Waals surface area contributed by atoms with E-state index in [2.05, 4.69) is 15.3 Å². The van der Waals surface area contributed by atoms with E-state index in [-0.39, 0.29) is 0 Å². The summed E-state index contributed by atoms with van der Waals surface area (Å²) in [4.78, 5) is 8.06. The van der Waals surface area contributed by atoms with E-state index in [1.54, 1.807) is 12.5 Å². The number of hydrogen-bond donors (Lipinski definition) is 1. The molecular formula is C11H17N3. The van der Waals surface area contributed by atoms with E-state index in [9.17, 15) is 0 Å². The summed E-state index contributed by atoms with van der Waals surface area (Å²) in [5, 5.41) is 3.45. The first-order valence-corrected chi connectivity index (χ1v) is 5.41. The van der Waals surface area contributed by atoms with E-state index in [1.807, 2.05) is 6.07 Å². The lowest BCUT2D eigenvalue weighted by molar-refractivity contribution is 0.487. The maximum Gasteiger partial charge on any atom is 0.115 e. The van der Waals surface area contributed by atoms with Gasteiger partial charge < -0.3 is 5.32 Å². The molecule has 2 rings (SSSR count). The SMILES string of the molecule is c1cc(CNCC2CCCC2)ncn1. The fraction of sp³-hybridized carbons (Fsp3) is 0.636. The van der Waals surface area contributed by atoms with Gasteiger partial charge in [0, 0.05) is 12.7 Å². The molecule has 0 saturated heterocycles. The third-order valence-corrected chi connectivity index (χ3v) is 2.86. The van der Waals surface area contributed by atoms with E-state index in [0.717, 1.165) is 24.7 Å². The van der Waals surface area contributed by atoms with E-state index in [0.29, 0.717) is 0 Å². The Bertz CT molecular complexity index is 254. The summed E-state index contributed by atoms with van der Waals surface area (Å²) in [6.45, 7) is 2.02. The summed E-state index contributed by atoms with van der Waals surface area (Å²) < 4.78 is 0. The lowest BCUT2D eigenvalue weighted by Crippen LogP contribution is -2.21. The minimum Gasteiger partial charge on any atom is -0.311 e. The first-order valence-electron chi connectivity index (χ1n) is 5.41. The van der Waals surface area contributed by atoms with Gasteiger partial charge in [-0.1, -0.05) is 12.8 Å². The molecule has 0 spiro atoms. The Balaban J connectivity index is 1.67. The topological polar surface area (TPSA) is 37.8 Å². The van der Waals surface area contributed by atoms with Crippen molar-refractivity contribution < 1.29 is 0 Å². The minimum atomic E-state index is 0.874. The Hall–Kier alpha value is -0.960. The molecule has 1 heterocycles. The van der Waals surface area contributed by atoms with Gasteiger partial charge in [-0.15, -0.1) is 0 Å². The second kappa shape index (κ2) is 5.05. The van der Waals surface area contributed by atoms with Gasteiger partial charge in [-0.25, -0.2) is 9.97 Å². The second-order valence-electron chi connectivity index (χ2n) is 3.98. The first-order chi connectivity index (χ1) is 6.95. The summed E-state index contributed by atoms with van der Waals surface area (Å²) in [6.07, 6.45) is 9.03. The van der Waals surface area contributed by atoms with Crippen LogP contribution in [0.1, 0.15) is 31.4 Å². The normalized spacial score (nSPS) is 17.4. The van der Waals surface area contributed by atoms with Crippen LogP contribution in [0.15, 0.2) is 18.6 Å². The molecule has 1 aromatic heterocycles. The molecule has 0 bridgehead atoms. The van der Waals surface area contributed by atoms with Crippen molar-refractivity contribution in [1.29, 1.82) is 0 Å². The average molecular weight is 191 g/mol. The van der Waals surface area contributed by atoms with Gasteiger partial charge in [-0.05, 0) is 31.4 Å². The molecule has 0 aliphatic heterocycles. The molecule has 1 saturated carbocycles. The highest BCUT2D eigenvalue weighted by molar-refractivity contribution is 4.96. The van der Waals surface area contributed by atoms with Crippen LogP contribution in [0.3, 0.4) is 0 Å². The Morgan fingerprint density at radius 3 is 2.93 bits per heavy atom. The van der Waals surface area contributed by atoms with Gasteiger partial charge in [0.15, 0.2) is 0 Å². The zero-order valence-corrected chi connectivity index (χ0v) is 8.45. The van der Waals surface area contributed by atoms with Gasteiger partial charge in [0.2, 0.25) is 0 Å². The standard InChI is InChI=1S/C11H17N3/c1-2-4-10(3-1)7-13-8-11-5-6-12-9-14-11/h5-6,9-10,13H,1-4,7-8H2. The fourth-order valence-corrected chi connectivity index (χ4v) is 2.04. The molecule has 0 unspecified atom stereocenters. The van der Waals surface area contributed by atoms with Crippen LogP contribution in [-0.4, -0.2) is 16.5 Å². The molecule has 1 N–H and O–H groups in total. The van der Waals surface area contributed by atoms with Crippen LogP contribution in [0.2, 0.25) is 0 Å². The van der Waals surface area contributed by atoms with Crippen LogP contribution >= 0.6 is 0 Å². The van der Waals surface area contributed by atoms with Crippen LogP contribution in [0.5, 0.6) is 0 Å². The summed E-state index contributed by atoms with van der Waals surface area (Å²) in [7, 11) is 0. The van der Waals surface area contributed by atoms with Crippen LogP contribution in [0, 0.1) is 5.92 Å². The first kappa shape index (κ1) is 9.59. The quantitative estimate of drug-likeness (QED) is 0.788. The maximum atomic E-state index is 4.17. The van der Waals surface area contributed by atoms with Crippen LogP contribution in [0.4, 0.5) is 0 Å². The van der Waals surface area contributed by atoms with Gasteiger partial charge in [0.05, 0.1) is 5.69 Å². The van der Waals surface area contributed by atoms with Crippen molar-refractivity contribution in [3.63, 3.8) is 0 Å². The van der Waals surface area contributed by atoms with Gasteiger partial charge in [-0.3, -0.25) is 0 Å². The van der Waals surface area contributed by atoms with Crippen molar-refractivity contribution in [2.45, 2.75) is 32.2 Å². The molecule has 0 radical (unpaired) electrons. The predicted molar refractivity (Wildman–Crippen MR) is 55.7 cm³/mol. The van der Waals surface area contributed by atoms with Crippen molar-refractivity contribution in [3.8, 4) is 0 Å². The lowest BCUT2D eigenvalue weighted by atomic mass is 10.1. The van der Waals surface area contributed by atoms with Gasteiger partial charge in [0.25, 0.3) is 0 Å². The average Bonchev–Trinajstić information content (AvgIpc) is 2.72. The fourth-order valence-electron chi connectivity index (χ4n) is 2.04. The van der Waals surface area contributed by atoms with E-state index in [4.69, 9.17) is 0 Å². The third kappa shape index (κ3) is 2.77. The molecule has 14 heavy (non-hydrogen) atoms. The number of nitrogens with zero attached hydrogens (tertiary/aromatic N) is 2. The molecule has 1 aliphatic rings. The Morgan fingerprint density at radius 1 is 1.36 bits per heavy atom. The maximum absolute atomic E-state index is 4.17. The molecule has 3 heteroatoms. The molecule has 1 fully saturated rings. The van der Waals surface area contributed by atoms with Crippen molar-refractivity contribution in [2.24, 2.45) is 5.92 Å². The summed E-state index contributed by atoms with van der Waals surface area (Å²) >= 11 is 0. The zero-order valence-electron chi connectivity index (χ0n) is 8.45. The van der Waals surface area contributed by atoms with Gasteiger partial charge in [0.1, 0.15) is 6.33 Å². The Morgan fingerprint density at radius 2 is 2.21 bits per heavy atom. The minimum absolute atomic E-state index is 0.874. The summed E-state index contributed by atoms with van der Waals surface area (Å²) in [5.41, 5.74) is 1.08. The van der Waals surface area contributed by atoms with Crippen molar-refractivity contribution in [3.05, 3.63) is 24.3 Å². The smallest absolute Gasteiger partial charge is 0.115 e. The van der Waals surface area contributed by atoms with Gasteiger partial charge >= 0.3 is 0 Å². The Labute approximate surface area is 85.0 Å². The van der Waals surface area contributed by atoms with Crippen LogP contribution < -0.4 is 5.32 Å². The molecule has 0 amide bonds. The summed E-state index contributed by atoms with van der Waals surface area (Å²) in [6, 6.07) is 1.96. The number of aromatic nitrogens is 2. The van der Waals surface area contributed by atoms with E-state index >= 15 is 0 Å². The number of nitrogens with one attached hydrogen (secondary N) is 1. The molecule has 3 nitrogen and oxygen atoms in total. The third-order valence-electron chi connectivity index (χ3n) is 2.86. The molecule has 0 atom stereocenters. The lowest BCUT2D eigenvalue weighted by Gasteiger charge is -2.09. The predicted octanol–water partition coefficient (Wildman–Crippen LogP) is 1.76. The zero-order chi connectivity index (χ0) is 9.64. The molecule has 1 aromatic rings. The second-order valence-corrected chi connectivity index (χ2v) is 3.98. The molecule has 76 valence electrons. The van der Waals surface area contributed by atoms with Crippen LogP contribution in [0.25, 0.3) is 0 Å². The highest BCUT2D eigenvalue weighted by atomic mass is 14.9. The van der Waals surface area contributed by atoms with Crippen molar-refractivity contribution in [2.75, 3.05) is 6.54 Å².